The van der Waals surface area contributed by atoms with E-state index in [2.05, 4.69) is 53.6 Å². The maximum absolute atomic E-state index is 12.0. The molecule has 0 bridgehead atoms. The summed E-state index contributed by atoms with van der Waals surface area (Å²) in [4.78, 5) is 14.3. The van der Waals surface area contributed by atoms with Gasteiger partial charge < -0.3 is 20.6 Å². The average molecular weight is 348 g/mol. The van der Waals surface area contributed by atoms with E-state index in [1.165, 1.54) is 5.69 Å². The van der Waals surface area contributed by atoms with Gasteiger partial charge in [0.05, 0.1) is 0 Å². The molecule has 2 rings (SSSR count). The largest absolute Gasteiger partial charge is 0.396 e. The maximum atomic E-state index is 12.0. The van der Waals surface area contributed by atoms with Crippen LogP contribution in [0.5, 0.6) is 0 Å². The highest BCUT2D eigenvalue weighted by Crippen LogP contribution is 2.23. The third-order valence-electron chi connectivity index (χ3n) is 5.48. The van der Waals surface area contributed by atoms with Gasteiger partial charge in [-0.15, -0.1) is 0 Å². The van der Waals surface area contributed by atoms with E-state index in [1.54, 1.807) is 0 Å². The second kappa shape index (κ2) is 9.66. The third-order valence-corrected chi connectivity index (χ3v) is 5.48. The summed E-state index contributed by atoms with van der Waals surface area (Å²) in [6.45, 7) is 9.16. The van der Waals surface area contributed by atoms with Gasteiger partial charge in [0.2, 0.25) is 0 Å². The molecule has 2 amide bonds. The van der Waals surface area contributed by atoms with Gasteiger partial charge in [-0.3, -0.25) is 0 Å². The summed E-state index contributed by atoms with van der Waals surface area (Å²) < 4.78 is 0. The molecule has 1 aromatic carbocycles. The number of piperidine rings is 1. The fourth-order valence-corrected chi connectivity index (χ4v) is 3.13. The lowest BCUT2D eigenvalue weighted by Crippen LogP contribution is -2.43. The van der Waals surface area contributed by atoms with E-state index in [4.69, 9.17) is 0 Å². The molecule has 1 aliphatic rings. The molecule has 140 valence electrons. The number of rotatable bonds is 7. The molecule has 5 nitrogen and oxygen atoms in total. The van der Waals surface area contributed by atoms with E-state index in [1.807, 2.05) is 6.92 Å². The topological polar surface area (TPSA) is 64.6 Å². The Balaban J connectivity index is 1.78. The number of nitrogens with one attached hydrogen (secondary N) is 2. The molecule has 0 spiro atoms. The van der Waals surface area contributed by atoms with Gasteiger partial charge in [-0.2, -0.15) is 0 Å². The zero-order valence-corrected chi connectivity index (χ0v) is 15.8. The van der Waals surface area contributed by atoms with E-state index >= 15 is 0 Å². The van der Waals surface area contributed by atoms with Crippen molar-refractivity contribution in [1.29, 1.82) is 0 Å². The third kappa shape index (κ3) is 5.92. The lowest BCUT2D eigenvalue weighted by atomic mass is 9.97. The van der Waals surface area contributed by atoms with Gasteiger partial charge in [0.15, 0.2) is 0 Å². The van der Waals surface area contributed by atoms with Crippen LogP contribution in [0.4, 0.5) is 10.5 Å². The number of carbonyl (C=O) groups is 1. The minimum absolute atomic E-state index is 0.108. The summed E-state index contributed by atoms with van der Waals surface area (Å²) in [5.41, 5.74) is 2.32. The molecule has 1 heterocycles. The fraction of sp³-hybridized carbons (Fsp3) is 0.650. The molecule has 2 unspecified atom stereocenters. The Morgan fingerprint density at radius 3 is 2.44 bits per heavy atom. The van der Waals surface area contributed by atoms with Crippen LogP contribution in [0, 0.1) is 11.8 Å². The normalized spacial score (nSPS) is 17.8. The van der Waals surface area contributed by atoms with Gasteiger partial charge in [0.1, 0.15) is 0 Å². The van der Waals surface area contributed by atoms with Crippen LogP contribution < -0.4 is 15.5 Å². The molecule has 0 aliphatic carbocycles. The smallest absolute Gasteiger partial charge is 0.315 e. The number of benzene rings is 1. The molecular formula is C20H33N3O2. The molecule has 1 aliphatic heterocycles. The fourth-order valence-electron chi connectivity index (χ4n) is 3.13. The van der Waals surface area contributed by atoms with Crippen LogP contribution in [0.25, 0.3) is 0 Å². The SMILES string of the molecule is CCC(C)C(C)NC(=O)NCc1ccc(N2CCC(CO)CC2)cc1. The number of hydrogen-bond donors (Lipinski definition) is 3. The summed E-state index contributed by atoms with van der Waals surface area (Å²) in [6.07, 6.45) is 3.15. The highest BCUT2D eigenvalue weighted by Gasteiger charge is 2.18. The van der Waals surface area contributed by atoms with E-state index in [9.17, 15) is 9.90 Å². The lowest BCUT2D eigenvalue weighted by Gasteiger charge is -2.33. The zero-order chi connectivity index (χ0) is 18.2. The van der Waals surface area contributed by atoms with Crippen molar-refractivity contribution in [1.82, 2.24) is 10.6 Å². The van der Waals surface area contributed by atoms with Crippen LogP contribution >= 0.6 is 0 Å². The standard InChI is InChI=1S/C20H33N3O2/c1-4-15(2)16(3)22-20(25)21-13-17-5-7-19(8-6-17)23-11-9-18(14-24)10-12-23/h5-8,15-16,18,24H,4,9-14H2,1-3H3,(H2,21,22,25). The van der Waals surface area contributed by atoms with Crippen molar-refractivity contribution in [3.8, 4) is 0 Å². The lowest BCUT2D eigenvalue weighted by molar-refractivity contribution is 0.203. The number of aliphatic hydroxyl groups is 1. The average Bonchev–Trinajstić information content (AvgIpc) is 2.66. The molecule has 2 atom stereocenters. The van der Waals surface area contributed by atoms with Gasteiger partial charge in [-0.05, 0) is 49.3 Å². The first kappa shape index (κ1) is 19.6. The molecule has 1 aromatic rings. The molecule has 5 heteroatoms. The number of anilines is 1. The highest BCUT2D eigenvalue weighted by molar-refractivity contribution is 5.74. The van der Waals surface area contributed by atoms with Crippen LogP contribution in [0.2, 0.25) is 0 Å². The second-order valence-electron chi connectivity index (χ2n) is 7.28. The second-order valence-corrected chi connectivity index (χ2v) is 7.28. The Morgan fingerprint density at radius 1 is 1.24 bits per heavy atom. The van der Waals surface area contributed by atoms with Crippen molar-refractivity contribution in [2.75, 3.05) is 24.6 Å². The predicted molar refractivity (Wildman–Crippen MR) is 103 cm³/mol. The van der Waals surface area contributed by atoms with Crippen molar-refractivity contribution in [2.24, 2.45) is 11.8 Å². The summed E-state index contributed by atoms with van der Waals surface area (Å²) in [5.74, 6) is 0.927. The van der Waals surface area contributed by atoms with Crippen molar-refractivity contribution in [3.05, 3.63) is 29.8 Å². The molecule has 1 fully saturated rings. The monoisotopic (exact) mass is 347 g/mol. The van der Waals surface area contributed by atoms with Crippen LogP contribution in [0.15, 0.2) is 24.3 Å². The van der Waals surface area contributed by atoms with E-state index in [0.717, 1.165) is 37.9 Å². The molecule has 1 saturated heterocycles. The minimum atomic E-state index is -0.108. The molecular weight excluding hydrogens is 314 g/mol. The van der Waals surface area contributed by atoms with E-state index < -0.39 is 0 Å². The number of carbonyl (C=O) groups excluding carboxylic acids is 1. The summed E-state index contributed by atoms with van der Waals surface area (Å²) >= 11 is 0. The van der Waals surface area contributed by atoms with Crippen LogP contribution in [0.3, 0.4) is 0 Å². The van der Waals surface area contributed by atoms with Crippen LogP contribution in [-0.2, 0) is 6.54 Å². The quantitative estimate of drug-likeness (QED) is 0.710. The molecule has 0 aromatic heterocycles. The van der Waals surface area contributed by atoms with E-state index in [-0.39, 0.29) is 12.1 Å². The van der Waals surface area contributed by atoms with Gasteiger partial charge in [0.25, 0.3) is 0 Å². The number of aliphatic hydroxyl groups excluding tert-OH is 1. The van der Waals surface area contributed by atoms with Crippen LogP contribution in [0.1, 0.15) is 45.6 Å². The van der Waals surface area contributed by atoms with Crippen LogP contribution in [-0.4, -0.2) is 36.9 Å². The van der Waals surface area contributed by atoms with E-state index in [0.29, 0.717) is 25.0 Å². The molecule has 0 radical (unpaired) electrons. The number of amides is 2. The zero-order valence-electron chi connectivity index (χ0n) is 15.8. The van der Waals surface area contributed by atoms with Gasteiger partial charge in [0, 0.05) is 38.0 Å². The van der Waals surface area contributed by atoms with Gasteiger partial charge in [-0.1, -0.05) is 32.4 Å². The first-order chi connectivity index (χ1) is 12.0. The van der Waals surface area contributed by atoms with Crippen molar-refractivity contribution >= 4 is 11.7 Å². The number of urea groups is 1. The molecule has 3 N–H and O–H groups in total. The molecule has 25 heavy (non-hydrogen) atoms. The Kier molecular flexibility index (Phi) is 7.56. The summed E-state index contributed by atoms with van der Waals surface area (Å²) in [6, 6.07) is 8.46. The Bertz CT molecular complexity index is 524. The summed E-state index contributed by atoms with van der Waals surface area (Å²) in [5, 5.41) is 15.2. The number of nitrogens with zero attached hydrogens (tertiary/aromatic N) is 1. The highest BCUT2D eigenvalue weighted by atomic mass is 16.3. The maximum Gasteiger partial charge on any atom is 0.315 e. The minimum Gasteiger partial charge on any atom is -0.396 e. The van der Waals surface area contributed by atoms with Crippen molar-refractivity contribution < 1.29 is 9.90 Å². The first-order valence-corrected chi connectivity index (χ1v) is 9.52. The predicted octanol–water partition coefficient (Wildman–Crippen LogP) is 3.13. The Hall–Kier alpha value is -1.75. The number of hydrogen-bond acceptors (Lipinski definition) is 3. The Morgan fingerprint density at radius 2 is 1.88 bits per heavy atom. The Labute approximate surface area is 151 Å². The molecule has 0 saturated carbocycles. The summed E-state index contributed by atoms with van der Waals surface area (Å²) in [7, 11) is 0. The first-order valence-electron chi connectivity index (χ1n) is 9.52. The van der Waals surface area contributed by atoms with Crippen molar-refractivity contribution in [2.45, 2.75) is 52.6 Å². The van der Waals surface area contributed by atoms with Gasteiger partial charge in [-0.25, -0.2) is 4.79 Å². The van der Waals surface area contributed by atoms with Crippen molar-refractivity contribution in [3.63, 3.8) is 0 Å². The van der Waals surface area contributed by atoms with Gasteiger partial charge >= 0.3 is 6.03 Å².